The number of benzene rings is 1. The minimum Gasteiger partial charge on any atom is -0.192 e. The maximum absolute atomic E-state index is 9.00. The first kappa shape index (κ1) is 21.5. The van der Waals surface area contributed by atoms with E-state index in [0.29, 0.717) is 11.8 Å². The van der Waals surface area contributed by atoms with Crippen LogP contribution in [0.25, 0.3) is 0 Å². The van der Waals surface area contributed by atoms with E-state index in [0.717, 1.165) is 24.8 Å². The molecule has 0 heterocycles. The van der Waals surface area contributed by atoms with Crippen LogP contribution >= 0.6 is 0 Å². The molecule has 1 heteroatoms. The van der Waals surface area contributed by atoms with Gasteiger partial charge in [-0.05, 0) is 66.0 Å². The molecule has 25 heavy (non-hydrogen) atoms. The third-order valence-electron chi connectivity index (χ3n) is 4.92. The highest BCUT2D eigenvalue weighted by Crippen LogP contribution is 2.41. The summed E-state index contributed by atoms with van der Waals surface area (Å²) < 4.78 is 0. The van der Waals surface area contributed by atoms with Crippen molar-refractivity contribution in [2.24, 2.45) is 22.7 Å². The summed E-state index contributed by atoms with van der Waals surface area (Å²) in [5.41, 5.74) is 3.98. The molecular weight excluding hydrogens is 302 g/mol. The molecule has 0 unspecified atom stereocenters. The molecule has 1 aromatic carbocycles. The summed E-state index contributed by atoms with van der Waals surface area (Å²) in [5.74, 6) is 1.26. The Hall–Kier alpha value is -1.55. The molecule has 0 aliphatic carbocycles. The predicted molar refractivity (Wildman–Crippen MR) is 109 cm³/mol. The number of hydrogen-bond acceptors (Lipinski definition) is 1. The van der Waals surface area contributed by atoms with Gasteiger partial charge in [-0.3, -0.25) is 0 Å². The Kier molecular flexibility index (Phi) is 7.48. The molecule has 0 saturated carbocycles. The second-order valence-corrected chi connectivity index (χ2v) is 9.99. The highest BCUT2D eigenvalue weighted by atomic mass is 14.4. The third-order valence-corrected chi connectivity index (χ3v) is 4.92. The van der Waals surface area contributed by atoms with Crippen LogP contribution < -0.4 is 0 Å². The highest BCUT2D eigenvalue weighted by Gasteiger charge is 2.31. The Labute approximate surface area is 156 Å². The molecular formula is C24H37N. The van der Waals surface area contributed by atoms with E-state index in [4.69, 9.17) is 5.26 Å². The molecule has 0 spiro atoms. The van der Waals surface area contributed by atoms with E-state index in [1.165, 1.54) is 17.6 Å². The fraction of sp³-hybridized carbons (Fsp3) is 0.625. The summed E-state index contributed by atoms with van der Waals surface area (Å²) in [6.45, 7) is 20.7. The molecule has 0 amide bonds. The number of nitriles is 1. The molecule has 1 atom stereocenters. The first-order chi connectivity index (χ1) is 11.4. The zero-order valence-electron chi connectivity index (χ0n) is 17.4. The molecule has 0 bridgehead atoms. The SMILES string of the molecule is C=C(C[C@H](Cc1ccc(C#N)cc1)C(C)(C)CC(C)C)CC(C)(C)C. The lowest BCUT2D eigenvalue weighted by Gasteiger charge is -2.37. The lowest BCUT2D eigenvalue weighted by atomic mass is 9.68. The average molecular weight is 340 g/mol. The quantitative estimate of drug-likeness (QED) is 0.460. The van der Waals surface area contributed by atoms with Crippen molar-refractivity contribution >= 4 is 0 Å². The molecule has 0 saturated heterocycles. The maximum Gasteiger partial charge on any atom is 0.0991 e. The molecule has 0 radical (unpaired) electrons. The molecule has 0 aliphatic heterocycles. The van der Waals surface area contributed by atoms with Crippen molar-refractivity contribution in [3.63, 3.8) is 0 Å². The molecule has 1 rings (SSSR count). The molecule has 0 aliphatic rings. The number of rotatable bonds is 8. The monoisotopic (exact) mass is 339 g/mol. The zero-order chi connectivity index (χ0) is 19.3. The van der Waals surface area contributed by atoms with E-state index in [2.05, 4.69) is 73.2 Å². The summed E-state index contributed by atoms with van der Waals surface area (Å²) in [4.78, 5) is 0. The van der Waals surface area contributed by atoms with Crippen LogP contribution in [-0.2, 0) is 6.42 Å². The van der Waals surface area contributed by atoms with Gasteiger partial charge in [-0.25, -0.2) is 0 Å². The smallest absolute Gasteiger partial charge is 0.0991 e. The van der Waals surface area contributed by atoms with Crippen molar-refractivity contribution < 1.29 is 0 Å². The van der Waals surface area contributed by atoms with Gasteiger partial charge >= 0.3 is 0 Å². The normalized spacial score (nSPS) is 13.6. The Bertz CT molecular complexity index is 590. The lowest BCUT2D eigenvalue weighted by Crippen LogP contribution is -2.28. The number of hydrogen-bond donors (Lipinski definition) is 0. The Morgan fingerprint density at radius 2 is 1.64 bits per heavy atom. The van der Waals surface area contributed by atoms with Gasteiger partial charge in [0.1, 0.15) is 0 Å². The highest BCUT2D eigenvalue weighted by molar-refractivity contribution is 5.32. The average Bonchev–Trinajstić information content (AvgIpc) is 2.44. The second kappa shape index (κ2) is 8.70. The summed E-state index contributed by atoms with van der Waals surface area (Å²) in [6.07, 6.45) is 4.43. The maximum atomic E-state index is 9.00. The fourth-order valence-corrected chi connectivity index (χ4v) is 4.01. The van der Waals surface area contributed by atoms with Crippen molar-refractivity contribution in [2.45, 2.75) is 74.1 Å². The van der Waals surface area contributed by atoms with E-state index >= 15 is 0 Å². The van der Waals surface area contributed by atoms with Crippen molar-refractivity contribution in [1.29, 1.82) is 5.26 Å². The first-order valence-corrected chi connectivity index (χ1v) is 9.58. The van der Waals surface area contributed by atoms with Gasteiger partial charge in [0.2, 0.25) is 0 Å². The molecule has 1 aromatic rings. The Morgan fingerprint density at radius 1 is 1.08 bits per heavy atom. The standard InChI is InChI=1S/C24H37N/c1-18(2)15-24(7,8)22(13-19(3)16-23(4,5)6)14-20-9-11-21(17-25)12-10-20/h9-12,18,22H,3,13-16H2,1-2,4-8H3/t22-/m1/s1. The largest absolute Gasteiger partial charge is 0.192 e. The van der Waals surface area contributed by atoms with Crippen LogP contribution in [0, 0.1) is 34.0 Å². The van der Waals surface area contributed by atoms with Gasteiger partial charge in [-0.15, -0.1) is 0 Å². The van der Waals surface area contributed by atoms with Crippen molar-refractivity contribution in [3.05, 3.63) is 47.5 Å². The van der Waals surface area contributed by atoms with Crippen LogP contribution in [-0.4, -0.2) is 0 Å². The van der Waals surface area contributed by atoms with Gasteiger partial charge in [-0.2, -0.15) is 5.26 Å². The number of nitrogens with zero attached hydrogens (tertiary/aromatic N) is 1. The summed E-state index contributed by atoms with van der Waals surface area (Å²) >= 11 is 0. The van der Waals surface area contributed by atoms with Crippen molar-refractivity contribution in [1.82, 2.24) is 0 Å². The minimum atomic E-state index is 0.267. The van der Waals surface area contributed by atoms with Gasteiger partial charge < -0.3 is 0 Å². The van der Waals surface area contributed by atoms with Crippen LogP contribution in [0.1, 0.15) is 78.9 Å². The Morgan fingerprint density at radius 3 is 2.08 bits per heavy atom. The van der Waals surface area contributed by atoms with Gasteiger partial charge in [0, 0.05) is 0 Å². The van der Waals surface area contributed by atoms with E-state index in [1.807, 2.05) is 12.1 Å². The van der Waals surface area contributed by atoms with E-state index in [-0.39, 0.29) is 10.8 Å². The predicted octanol–water partition coefficient (Wildman–Crippen LogP) is 7.17. The molecule has 1 nitrogen and oxygen atoms in total. The van der Waals surface area contributed by atoms with Gasteiger partial charge in [0.15, 0.2) is 0 Å². The topological polar surface area (TPSA) is 23.8 Å². The number of allylic oxidation sites excluding steroid dienone is 1. The third kappa shape index (κ3) is 7.91. The van der Waals surface area contributed by atoms with Crippen LogP contribution in [0.4, 0.5) is 0 Å². The van der Waals surface area contributed by atoms with Gasteiger partial charge in [0.05, 0.1) is 11.6 Å². The summed E-state index contributed by atoms with van der Waals surface area (Å²) in [7, 11) is 0. The van der Waals surface area contributed by atoms with Gasteiger partial charge in [-0.1, -0.05) is 72.8 Å². The zero-order valence-corrected chi connectivity index (χ0v) is 17.4. The molecule has 0 N–H and O–H groups in total. The van der Waals surface area contributed by atoms with Crippen LogP contribution in [0.5, 0.6) is 0 Å². The molecule has 0 aromatic heterocycles. The van der Waals surface area contributed by atoms with E-state index in [1.54, 1.807) is 0 Å². The van der Waals surface area contributed by atoms with Crippen LogP contribution in [0.15, 0.2) is 36.4 Å². The fourth-order valence-electron chi connectivity index (χ4n) is 4.01. The van der Waals surface area contributed by atoms with E-state index < -0.39 is 0 Å². The van der Waals surface area contributed by atoms with Crippen molar-refractivity contribution in [2.75, 3.05) is 0 Å². The van der Waals surface area contributed by atoms with Crippen LogP contribution in [0.2, 0.25) is 0 Å². The van der Waals surface area contributed by atoms with Gasteiger partial charge in [0.25, 0.3) is 0 Å². The molecule has 138 valence electrons. The Balaban J connectivity index is 2.97. The summed E-state index contributed by atoms with van der Waals surface area (Å²) in [6, 6.07) is 10.3. The first-order valence-electron chi connectivity index (χ1n) is 9.58. The molecule has 0 fully saturated rings. The second-order valence-electron chi connectivity index (χ2n) is 9.99. The lowest BCUT2D eigenvalue weighted by molar-refractivity contribution is 0.165. The minimum absolute atomic E-state index is 0.267. The van der Waals surface area contributed by atoms with Crippen LogP contribution in [0.3, 0.4) is 0 Å². The summed E-state index contributed by atoms with van der Waals surface area (Å²) in [5, 5.41) is 9.00. The van der Waals surface area contributed by atoms with E-state index in [9.17, 15) is 0 Å². The van der Waals surface area contributed by atoms with Crippen molar-refractivity contribution in [3.8, 4) is 6.07 Å².